The van der Waals surface area contributed by atoms with Gasteiger partial charge in [-0.1, -0.05) is 0 Å². The summed E-state index contributed by atoms with van der Waals surface area (Å²) in [5.41, 5.74) is 0. The first kappa shape index (κ1) is 8.09. The number of hydrogen-bond donors (Lipinski definition) is 0. The van der Waals surface area contributed by atoms with Crippen LogP contribution in [0.1, 0.15) is 0 Å². The standard InChI is InChI=1S/C6H8B2O6/c1-3-5(13-7(9-1)11-3)6-4-2-10-8(12-4)14-6/h3-6H,1-2H2/t3-,4-,5-,6-/m1/s1. The Bertz CT molecular complexity index is 239. The van der Waals surface area contributed by atoms with E-state index in [9.17, 15) is 0 Å². The fourth-order valence-electron chi connectivity index (χ4n) is 2.29. The van der Waals surface area contributed by atoms with Crippen LogP contribution in [0.5, 0.6) is 0 Å². The van der Waals surface area contributed by atoms with Gasteiger partial charge in [0.25, 0.3) is 0 Å². The molecular weight excluding hydrogens is 190 g/mol. The molecule has 4 saturated heterocycles. The molecule has 74 valence electrons. The molecule has 4 rings (SSSR count). The summed E-state index contributed by atoms with van der Waals surface area (Å²) in [5.74, 6) is 0. The van der Waals surface area contributed by atoms with Crippen LogP contribution < -0.4 is 0 Å². The Morgan fingerprint density at radius 3 is 1.50 bits per heavy atom. The van der Waals surface area contributed by atoms with Gasteiger partial charge in [0, 0.05) is 0 Å². The zero-order chi connectivity index (χ0) is 9.12. The van der Waals surface area contributed by atoms with E-state index in [2.05, 4.69) is 0 Å². The minimum absolute atomic E-state index is 0.0204. The lowest BCUT2D eigenvalue weighted by molar-refractivity contribution is -0.0344. The van der Waals surface area contributed by atoms with Gasteiger partial charge in [-0.15, -0.1) is 0 Å². The highest BCUT2D eigenvalue weighted by Crippen LogP contribution is 2.35. The summed E-state index contributed by atoms with van der Waals surface area (Å²) < 4.78 is 32.1. The monoisotopic (exact) mass is 198 g/mol. The third-order valence-corrected chi connectivity index (χ3v) is 2.96. The topological polar surface area (TPSA) is 55.4 Å². The summed E-state index contributed by atoms with van der Waals surface area (Å²) in [7, 11) is -1.01. The van der Waals surface area contributed by atoms with Crippen LogP contribution in [-0.2, 0) is 27.9 Å². The highest BCUT2D eigenvalue weighted by Gasteiger charge is 2.59. The first-order valence-corrected chi connectivity index (χ1v) is 4.75. The SMILES string of the molecule is C1OB2O[C@@H]([C@@H]3OB4OC[C@H]3O4)[C@@H]1O2. The Morgan fingerprint density at radius 2 is 1.21 bits per heavy atom. The summed E-state index contributed by atoms with van der Waals surface area (Å²) >= 11 is 0. The van der Waals surface area contributed by atoms with Crippen LogP contribution in [0.15, 0.2) is 0 Å². The van der Waals surface area contributed by atoms with Crippen LogP contribution in [0.3, 0.4) is 0 Å². The van der Waals surface area contributed by atoms with Crippen LogP contribution in [-0.4, -0.2) is 52.3 Å². The quantitative estimate of drug-likeness (QED) is 0.482. The molecule has 0 aliphatic carbocycles. The molecule has 14 heavy (non-hydrogen) atoms. The summed E-state index contributed by atoms with van der Waals surface area (Å²) in [6.07, 6.45) is -0.193. The largest absolute Gasteiger partial charge is 0.640 e. The van der Waals surface area contributed by atoms with Crippen LogP contribution in [0.4, 0.5) is 0 Å². The molecule has 0 aromatic carbocycles. The van der Waals surface area contributed by atoms with Crippen molar-refractivity contribution in [1.29, 1.82) is 0 Å². The molecule has 0 radical (unpaired) electrons. The highest BCUT2D eigenvalue weighted by atomic mass is 16.8. The van der Waals surface area contributed by atoms with Gasteiger partial charge in [-0.2, -0.15) is 0 Å². The Kier molecular flexibility index (Phi) is 1.57. The molecule has 4 fully saturated rings. The maximum atomic E-state index is 5.49. The average molecular weight is 198 g/mol. The molecule has 0 saturated carbocycles. The molecule has 0 aromatic rings. The van der Waals surface area contributed by atoms with Crippen molar-refractivity contribution in [3.63, 3.8) is 0 Å². The van der Waals surface area contributed by atoms with Crippen molar-refractivity contribution in [3.05, 3.63) is 0 Å². The molecule has 0 spiro atoms. The second kappa shape index (κ2) is 2.72. The maximum Gasteiger partial charge on any atom is 0.640 e. The molecule has 0 amide bonds. The zero-order valence-corrected chi connectivity index (χ0v) is 7.33. The molecule has 0 aromatic heterocycles. The molecule has 6 nitrogen and oxygen atoms in total. The van der Waals surface area contributed by atoms with Gasteiger partial charge in [0.2, 0.25) is 0 Å². The van der Waals surface area contributed by atoms with E-state index in [0.717, 1.165) is 0 Å². The minimum Gasteiger partial charge on any atom is -0.383 e. The molecule has 4 aliphatic rings. The summed E-state index contributed by atoms with van der Waals surface area (Å²) in [5, 5.41) is 0. The second-order valence-electron chi connectivity index (χ2n) is 3.79. The first-order chi connectivity index (χ1) is 6.90. The lowest BCUT2D eigenvalue weighted by Crippen LogP contribution is -2.48. The Labute approximate surface area is 81.1 Å². The van der Waals surface area contributed by atoms with Gasteiger partial charge in [-0.3, -0.25) is 0 Å². The molecule has 0 unspecified atom stereocenters. The molecule has 4 bridgehead atoms. The fourth-order valence-corrected chi connectivity index (χ4v) is 2.29. The number of rotatable bonds is 1. The molecule has 4 heterocycles. The van der Waals surface area contributed by atoms with Gasteiger partial charge >= 0.3 is 14.6 Å². The van der Waals surface area contributed by atoms with Crippen molar-refractivity contribution >= 4 is 14.6 Å². The molecule has 0 N–H and O–H groups in total. The van der Waals surface area contributed by atoms with E-state index in [1.165, 1.54) is 0 Å². The Hall–Kier alpha value is -0.110. The third kappa shape index (κ3) is 0.982. The lowest BCUT2D eigenvalue weighted by Gasteiger charge is -2.29. The predicted octanol–water partition coefficient (Wildman–Crippen LogP) is -1.42. The van der Waals surface area contributed by atoms with Crippen molar-refractivity contribution in [1.82, 2.24) is 0 Å². The Balaban J connectivity index is 1.54. The minimum atomic E-state index is -0.506. The van der Waals surface area contributed by atoms with Crippen molar-refractivity contribution < 1.29 is 27.9 Å². The molecular formula is C6H8B2O6. The van der Waals surface area contributed by atoms with Gasteiger partial charge in [0.1, 0.15) is 0 Å². The van der Waals surface area contributed by atoms with E-state index < -0.39 is 14.6 Å². The first-order valence-electron chi connectivity index (χ1n) is 4.75. The third-order valence-electron chi connectivity index (χ3n) is 2.96. The van der Waals surface area contributed by atoms with E-state index in [0.29, 0.717) is 13.2 Å². The van der Waals surface area contributed by atoms with Gasteiger partial charge < -0.3 is 27.9 Å². The second-order valence-corrected chi connectivity index (χ2v) is 3.79. The van der Waals surface area contributed by atoms with Crippen molar-refractivity contribution in [2.24, 2.45) is 0 Å². The Morgan fingerprint density at radius 1 is 0.714 bits per heavy atom. The summed E-state index contributed by atoms with van der Waals surface area (Å²) in [6, 6.07) is 0. The number of hydrogen-bond acceptors (Lipinski definition) is 6. The van der Waals surface area contributed by atoms with Gasteiger partial charge in [-0.25, -0.2) is 0 Å². The van der Waals surface area contributed by atoms with E-state index in [4.69, 9.17) is 27.9 Å². The van der Waals surface area contributed by atoms with Gasteiger partial charge in [0.05, 0.1) is 37.6 Å². The summed E-state index contributed by atoms with van der Waals surface area (Å²) in [4.78, 5) is 0. The van der Waals surface area contributed by atoms with Crippen LogP contribution in [0, 0.1) is 0 Å². The average Bonchev–Trinajstić information content (AvgIpc) is 2.96. The fraction of sp³-hybridized carbons (Fsp3) is 1.00. The summed E-state index contributed by atoms with van der Waals surface area (Å²) in [6.45, 7) is 1.15. The predicted molar refractivity (Wildman–Crippen MR) is 42.9 cm³/mol. The van der Waals surface area contributed by atoms with Crippen molar-refractivity contribution in [3.8, 4) is 0 Å². The smallest absolute Gasteiger partial charge is 0.383 e. The van der Waals surface area contributed by atoms with Gasteiger partial charge in [-0.05, 0) is 0 Å². The number of fused-ring (bicyclic) bond motifs is 4. The van der Waals surface area contributed by atoms with Crippen LogP contribution >= 0.6 is 0 Å². The van der Waals surface area contributed by atoms with E-state index >= 15 is 0 Å². The van der Waals surface area contributed by atoms with Crippen molar-refractivity contribution in [2.75, 3.05) is 13.2 Å². The highest BCUT2D eigenvalue weighted by molar-refractivity contribution is 6.39. The molecule has 8 heteroatoms. The van der Waals surface area contributed by atoms with Crippen LogP contribution in [0.25, 0.3) is 0 Å². The van der Waals surface area contributed by atoms with Crippen molar-refractivity contribution in [2.45, 2.75) is 24.4 Å². The normalized spacial score (nSPS) is 49.7. The zero-order valence-electron chi connectivity index (χ0n) is 7.33. The van der Waals surface area contributed by atoms with Gasteiger partial charge in [0.15, 0.2) is 0 Å². The molecule has 4 aliphatic heterocycles. The van der Waals surface area contributed by atoms with E-state index in [1.807, 2.05) is 0 Å². The molecule has 4 atom stereocenters. The maximum absolute atomic E-state index is 5.49. The van der Waals surface area contributed by atoms with E-state index in [1.54, 1.807) is 0 Å². The lowest BCUT2D eigenvalue weighted by atomic mass is 10.0. The van der Waals surface area contributed by atoms with E-state index in [-0.39, 0.29) is 24.4 Å². The van der Waals surface area contributed by atoms with Crippen LogP contribution in [0.2, 0.25) is 0 Å².